The molecule has 0 aromatic rings. The average Bonchev–Trinajstić information content (AvgIpc) is 2.35. The maximum absolute atomic E-state index is 12.6. The van der Waals surface area contributed by atoms with Gasteiger partial charge in [0.25, 0.3) is 0 Å². The Morgan fingerprint density at radius 2 is 1.43 bits per heavy atom. The highest BCUT2D eigenvalue weighted by Gasteiger charge is 2.62. The second kappa shape index (κ2) is 5.85. The fraction of sp³-hybridized carbons (Fsp3) is 0.647. The summed E-state index contributed by atoms with van der Waals surface area (Å²) in [5, 5.41) is 0. The molecule has 0 atom stereocenters. The highest BCUT2D eigenvalue weighted by atomic mass is 16.2. The van der Waals surface area contributed by atoms with Gasteiger partial charge in [-0.15, -0.1) is 0 Å². The van der Waals surface area contributed by atoms with Gasteiger partial charge in [-0.05, 0) is 47.6 Å². The number of carbonyl (C=O) groups is 2. The number of nitrogens with two attached hydrogens (primary N) is 1. The van der Waals surface area contributed by atoms with E-state index in [-0.39, 0.29) is 22.2 Å². The van der Waals surface area contributed by atoms with Gasteiger partial charge < -0.3 is 0 Å². The minimum Gasteiger partial charge on any atom is -0.295 e. The van der Waals surface area contributed by atoms with Crippen molar-refractivity contribution in [2.24, 2.45) is 11.8 Å². The number of hydrogen-bond acceptors (Lipinski definition) is 3. The van der Waals surface area contributed by atoms with Gasteiger partial charge in [0.15, 0.2) is 5.78 Å². The van der Waals surface area contributed by atoms with Gasteiger partial charge in [0, 0.05) is 24.8 Å². The molecule has 0 radical (unpaired) electrons. The van der Waals surface area contributed by atoms with Crippen LogP contribution in [0.2, 0.25) is 0 Å². The Kier molecular flexibility index (Phi) is 4.96. The quantitative estimate of drug-likeness (QED) is 0.377. The van der Waals surface area contributed by atoms with Crippen LogP contribution in [-0.2, 0) is 9.59 Å². The Balaban J connectivity index is 3.27. The molecule has 0 saturated carbocycles. The molecule has 1 fully saturated rings. The second-order valence-corrected chi connectivity index (χ2v) is 7.19. The predicted molar refractivity (Wildman–Crippen MR) is 85.0 cm³/mol. The fourth-order valence-corrected chi connectivity index (χ4v) is 3.74. The van der Waals surface area contributed by atoms with E-state index in [1.54, 1.807) is 18.2 Å². The number of piperidine rings is 1. The van der Waals surface area contributed by atoms with Crippen LogP contribution in [0, 0.1) is 5.92 Å². The van der Waals surface area contributed by atoms with Crippen LogP contribution >= 0.6 is 0 Å². The number of allylic oxidation sites excluding steroid dienone is 3. The van der Waals surface area contributed by atoms with Crippen LogP contribution in [-0.4, -0.2) is 27.4 Å². The third kappa shape index (κ3) is 2.87. The van der Waals surface area contributed by atoms with E-state index >= 15 is 0 Å². The molecular weight excluding hydrogens is 264 g/mol. The summed E-state index contributed by atoms with van der Waals surface area (Å²) in [4.78, 5) is 24.9. The van der Waals surface area contributed by atoms with Crippen molar-refractivity contribution in [3.63, 3.8) is 0 Å². The molecule has 1 aliphatic heterocycles. The molecule has 0 spiro atoms. The maximum Gasteiger partial charge on any atom is 0.358 e. The molecule has 0 aromatic heterocycles. The molecule has 0 bridgehead atoms. The molecule has 1 saturated heterocycles. The number of ketones is 1. The van der Waals surface area contributed by atoms with Gasteiger partial charge in [0.2, 0.25) is 0 Å². The van der Waals surface area contributed by atoms with Crippen LogP contribution in [0.25, 0.3) is 0 Å². The van der Waals surface area contributed by atoms with E-state index in [2.05, 4.69) is 0 Å². The molecule has 1 aliphatic rings. The molecule has 0 aromatic carbocycles. The van der Waals surface area contributed by atoms with Crippen LogP contribution in [0.1, 0.15) is 54.4 Å². The molecule has 118 valence electrons. The maximum atomic E-state index is 12.6. The zero-order valence-electron chi connectivity index (χ0n) is 14.1. The summed E-state index contributed by atoms with van der Waals surface area (Å²) in [6, 6.07) is 0. The van der Waals surface area contributed by atoms with Crippen LogP contribution in [0.5, 0.6) is 0 Å². The standard InChI is InChI=1S/C17H29N2O2/c1-7-9-14(20)13-11-16(3,4)19(18,15(21)10-8-2)17(5,6)12-13/h7-10,13H,11-12,18H2,1-6H3/q+1/b9-7+,10-8+. The molecule has 1 heterocycles. The summed E-state index contributed by atoms with van der Waals surface area (Å²) in [5.41, 5.74) is -1.000. The van der Waals surface area contributed by atoms with Crippen LogP contribution in [0.15, 0.2) is 24.3 Å². The SMILES string of the molecule is C/C=C/C(=O)C1CC(C)(C)[N+](N)(C(=O)/C=C/C)C(C)(C)C1. The Morgan fingerprint density at radius 3 is 1.81 bits per heavy atom. The molecule has 0 aliphatic carbocycles. The Morgan fingerprint density at radius 1 is 1.00 bits per heavy atom. The third-order valence-electron chi connectivity index (χ3n) is 4.79. The zero-order chi connectivity index (χ0) is 16.5. The van der Waals surface area contributed by atoms with Gasteiger partial charge in [0.1, 0.15) is 11.1 Å². The van der Waals surface area contributed by atoms with E-state index in [4.69, 9.17) is 5.84 Å². The first-order chi connectivity index (χ1) is 9.53. The van der Waals surface area contributed by atoms with Gasteiger partial charge in [0.05, 0.1) is 0 Å². The number of carbonyl (C=O) groups excluding carboxylic acids is 2. The van der Waals surface area contributed by atoms with Crippen molar-refractivity contribution in [3.05, 3.63) is 24.3 Å². The monoisotopic (exact) mass is 293 g/mol. The van der Waals surface area contributed by atoms with E-state index in [1.807, 2.05) is 41.5 Å². The predicted octanol–water partition coefficient (Wildman–Crippen LogP) is 2.89. The van der Waals surface area contributed by atoms with E-state index in [0.717, 1.165) is 0 Å². The second-order valence-electron chi connectivity index (χ2n) is 7.19. The van der Waals surface area contributed by atoms with Gasteiger partial charge in [-0.1, -0.05) is 12.2 Å². The lowest BCUT2D eigenvalue weighted by Gasteiger charge is -2.57. The van der Waals surface area contributed by atoms with Gasteiger partial charge in [-0.3, -0.25) is 4.79 Å². The zero-order valence-corrected chi connectivity index (χ0v) is 14.1. The summed E-state index contributed by atoms with van der Waals surface area (Å²) in [7, 11) is 0. The van der Waals surface area contributed by atoms with E-state index in [1.165, 1.54) is 6.08 Å². The Hall–Kier alpha value is -1.26. The lowest BCUT2D eigenvalue weighted by molar-refractivity contribution is -0.963. The Bertz CT molecular complexity index is 469. The van der Waals surface area contributed by atoms with E-state index in [9.17, 15) is 9.59 Å². The van der Waals surface area contributed by atoms with Crippen molar-refractivity contribution < 1.29 is 14.2 Å². The lowest BCUT2D eigenvalue weighted by Crippen LogP contribution is -2.80. The molecule has 1 amide bonds. The number of nitrogens with zero attached hydrogens (tertiary/aromatic N) is 1. The minimum absolute atomic E-state index is 0.0839. The molecule has 21 heavy (non-hydrogen) atoms. The summed E-state index contributed by atoms with van der Waals surface area (Å²) < 4.78 is -0.163. The first-order valence-corrected chi connectivity index (χ1v) is 7.55. The highest BCUT2D eigenvalue weighted by molar-refractivity contribution is 5.92. The van der Waals surface area contributed by atoms with Crippen molar-refractivity contribution in [1.82, 2.24) is 0 Å². The number of likely N-dealkylation sites (tertiary alicyclic amines) is 1. The highest BCUT2D eigenvalue weighted by Crippen LogP contribution is 2.45. The summed E-state index contributed by atoms with van der Waals surface area (Å²) >= 11 is 0. The number of amides is 1. The molecule has 0 unspecified atom stereocenters. The summed E-state index contributed by atoms with van der Waals surface area (Å²) in [5.74, 6) is 6.53. The number of hydrogen-bond donors (Lipinski definition) is 1. The van der Waals surface area contributed by atoms with Crippen molar-refractivity contribution in [1.29, 1.82) is 0 Å². The van der Waals surface area contributed by atoms with Crippen LogP contribution in [0.3, 0.4) is 0 Å². The van der Waals surface area contributed by atoms with Crippen LogP contribution in [0.4, 0.5) is 0 Å². The molecule has 2 N–H and O–H groups in total. The minimum atomic E-state index is -0.500. The normalized spacial score (nSPS) is 31.7. The smallest absolute Gasteiger partial charge is 0.295 e. The Labute approximate surface area is 128 Å². The molecule has 4 heteroatoms. The largest absolute Gasteiger partial charge is 0.358 e. The van der Waals surface area contributed by atoms with Crippen LogP contribution < -0.4 is 5.84 Å². The van der Waals surface area contributed by atoms with Crippen molar-refractivity contribution in [2.75, 3.05) is 0 Å². The van der Waals surface area contributed by atoms with Gasteiger partial charge in [-0.2, -0.15) is 10.4 Å². The first-order valence-electron chi connectivity index (χ1n) is 7.55. The lowest BCUT2D eigenvalue weighted by atomic mass is 9.71. The number of rotatable bonds is 3. The molecule has 4 nitrogen and oxygen atoms in total. The van der Waals surface area contributed by atoms with Crippen molar-refractivity contribution in [3.8, 4) is 0 Å². The van der Waals surface area contributed by atoms with Crippen molar-refractivity contribution in [2.45, 2.75) is 65.5 Å². The van der Waals surface area contributed by atoms with E-state index in [0.29, 0.717) is 12.8 Å². The van der Waals surface area contributed by atoms with Crippen molar-refractivity contribution >= 4 is 11.7 Å². The first kappa shape index (κ1) is 17.8. The van der Waals surface area contributed by atoms with E-state index < -0.39 is 11.1 Å². The number of quaternary nitrogens is 1. The topological polar surface area (TPSA) is 60.2 Å². The van der Waals surface area contributed by atoms with Gasteiger partial charge >= 0.3 is 5.91 Å². The summed E-state index contributed by atoms with van der Waals surface area (Å²) in [6.45, 7) is 11.6. The van der Waals surface area contributed by atoms with Gasteiger partial charge in [-0.25, -0.2) is 4.79 Å². The molecule has 1 rings (SSSR count). The molecular formula is C17H29N2O2+. The average molecular weight is 293 g/mol. The third-order valence-corrected chi connectivity index (χ3v) is 4.79. The summed E-state index contributed by atoms with van der Waals surface area (Å²) in [6.07, 6.45) is 7.88. The fourth-order valence-electron chi connectivity index (χ4n) is 3.74.